The Balaban J connectivity index is 3.08. The van der Waals surface area contributed by atoms with Crippen LogP contribution in [0.25, 0.3) is 0 Å². The van der Waals surface area contributed by atoms with Gasteiger partial charge in [-0.25, -0.2) is 0 Å². The average molecular weight is 197 g/mol. The number of hydrogen-bond acceptors (Lipinski definition) is 4. The van der Waals surface area contributed by atoms with Gasteiger partial charge in [-0.3, -0.25) is 4.79 Å². The van der Waals surface area contributed by atoms with Crippen molar-refractivity contribution in [3.05, 3.63) is 21.7 Å². The molecule has 0 atom stereocenters. The smallest absolute Gasteiger partial charge is 0.257 e. The van der Waals surface area contributed by atoms with Gasteiger partial charge in [0.05, 0.1) is 12.1 Å². The van der Waals surface area contributed by atoms with Crippen LogP contribution in [-0.2, 0) is 13.0 Å². The van der Waals surface area contributed by atoms with Crippen LogP contribution in [0.4, 0.5) is 0 Å². The lowest BCUT2D eigenvalue weighted by Gasteiger charge is -2.09. The molecule has 5 heteroatoms. The fourth-order valence-electron chi connectivity index (χ4n) is 1.22. The Labute approximate surface area is 82.4 Å². The summed E-state index contributed by atoms with van der Waals surface area (Å²) in [4.78, 5) is 19.8. The molecular weight excluding hydrogens is 182 g/mol. The molecule has 0 aliphatic rings. The van der Waals surface area contributed by atoms with E-state index >= 15 is 0 Å². The lowest BCUT2D eigenvalue weighted by molar-refractivity contribution is 0.379. The molecular formula is C9H15N3O2. The molecule has 0 bridgehead atoms. The summed E-state index contributed by atoms with van der Waals surface area (Å²) in [6.45, 7) is 2.31. The van der Waals surface area contributed by atoms with E-state index in [4.69, 9.17) is 0 Å². The molecule has 0 aliphatic heterocycles. The highest BCUT2D eigenvalue weighted by molar-refractivity contribution is 5.22. The minimum absolute atomic E-state index is 0.159. The summed E-state index contributed by atoms with van der Waals surface area (Å²) in [5.74, 6) is 0.322. The van der Waals surface area contributed by atoms with Gasteiger partial charge >= 0.3 is 0 Å². The number of hydrogen-bond donors (Lipinski definition) is 2. The fraction of sp³-hybridized carbons (Fsp3) is 0.556. The number of H-pyrrole nitrogens is 1. The molecule has 0 spiro atoms. The molecule has 1 rings (SSSR count). The highest BCUT2D eigenvalue weighted by Gasteiger charge is 2.08. The van der Waals surface area contributed by atoms with Crippen molar-refractivity contribution in [2.45, 2.75) is 19.9 Å². The van der Waals surface area contributed by atoms with Crippen LogP contribution in [0.3, 0.4) is 0 Å². The normalized spacial score (nSPS) is 10.9. The van der Waals surface area contributed by atoms with E-state index in [0.717, 1.165) is 0 Å². The Bertz CT molecular complexity index is 371. The maximum Gasteiger partial charge on any atom is 0.257 e. The van der Waals surface area contributed by atoms with Gasteiger partial charge in [0, 0.05) is 0 Å². The zero-order valence-corrected chi connectivity index (χ0v) is 8.66. The Morgan fingerprint density at radius 3 is 2.57 bits per heavy atom. The Kier molecular flexibility index (Phi) is 3.24. The van der Waals surface area contributed by atoms with Gasteiger partial charge in [0.25, 0.3) is 5.56 Å². The van der Waals surface area contributed by atoms with Crippen LogP contribution in [0.5, 0.6) is 5.88 Å². The molecule has 0 aliphatic carbocycles. The molecule has 1 heterocycles. The minimum Gasteiger partial charge on any atom is -0.493 e. The molecule has 0 radical (unpaired) electrons. The lowest BCUT2D eigenvalue weighted by Crippen LogP contribution is -2.20. The SMILES string of the molecule is CCc1c(O)nc(CN(C)C)[nH]c1=O. The molecule has 14 heavy (non-hydrogen) atoms. The average Bonchev–Trinajstić information content (AvgIpc) is 2.01. The first-order valence-electron chi connectivity index (χ1n) is 4.50. The monoisotopic (exact) mass is 197 g/mol. The van der Waals surface area contributed by atoms with Crippen molar-refractivity contribution in [2.75, 3.05) is 14.1 Å². The van der Waals surface area contributed by atoms with E-state index in [0.29, 0.717) is 24.4 Å². The highest BCUT2D eigenvalue weighted by Crippen LogP contribution is 2.08. The van der Waals surface area contributed by atoms with Crippen LogP contribution in [0.2, 0.25) is 0 Å². The summed E-state index contributed by atoms with van der Waals surface area (Å²) < 4.78 is 0. The molecule has 0 aromatic carbocycles. The van der Waals surface area contributed by atoms with Gasteiger partial charge in [-0.15, -0.1) is 0 Å². The fourth-order valence-corrected chi connectivity index (χ4v) is 1.22. The second kappa shape index (κ2) is 4.23. The van der Waals surface area contributed by atoms with Crippen molar-refractivity contribution in [2.24, 2.45) is 0 Å². The molecule has 1 aromatic heterocycles. The molecule has 1 aromatic rings. The maximum absolute atomic E-state index is 11.4. The largest absolute Gasteiger partial charge is 0.493 e. The number of nitrogens with zero attached hydrogens (tertiary/aromatic N) is 2. The number of aromatic amines is 1. The molecule has 78 valence electrons. The molecule has 0 saturated heterocycles. The number of aromatic hydroxyl groups is 1. The third-order valence-corrected chi connectivity index (χ3v) is 1.86. The second-order valence-electron chi connectivity index (χ2n) is 3.41. The van der Waals surface area contributed by atoms with Crippen molar-refractivity contribution < 1.29 is 5.11 Å². The molecule has 5 nitrogen and oxygen atoms in total. The lowest BCUT2D eigenvalue weighted by atomic mass is 10.2. The molecule has 0 amide bonds. The van der Waals surface area contributed by atoms with E-state index in [9.17, 15) is 9.90 Å². The van der Waals surface area contributed by atoms with Gasteiger partial charge in [-0.1, -0.05) is 6.92 Å². The van der Waals surface area contributed by atoms with Gasteiger partial charge < -0.3 is 15.0 Å². The zero-order valence-electron chi connectivity index (χ0n) is 8.66. The van der Waals surface area contributed by atoms with Crippen molar-refractivity contribution in [3.63, 3.8) is 0 Å². The summed E-state index contributed by atoms with van der Waals surface area (Å²) in [6, 6.07) is 0. The molecule has 0 unspecified atom stereocenters. The van der Waals surface area contributed by atoms with Crippen molar-refractivity contribution in [1.29, 1.82) is 0 Å². The summed E-state index contributed by atoms with van der Waals surface area (Å²) in [5.41, 5.74) is 0.0874. The van der Waals surface area contributed by atoms with Crippen molar-refractivity contribution >= 4 is 0 Å². The standard InChI is InChI=1S/C9H15N3O2/c1-4-6-8(13)10-7(5-12(2)3)11-9(6)14/h4-5H2,1-3H3,(H2,10,11,13,14). The first-order chi connectivity index (χ1) is 6.54. The summed E-state index contributed by atoms with van der Waals surface area (Å²) >= 11 is 0. The Morgan fingerprint density at radius 1 is 1.50 bits per heavy atom. The quantitative estimate of drug-likeness (QED) is 0.721. The molecule has 0 fully saturated rings. The Morgan fingerprint density at radius 2 is 2.14 bits per heavy atom. The van der Waals surface area contributed by atoms with Gasteiger partial charge in [-0.2, -0.15) is 4.98 Å². The molecule has 0 saturated carbocycles. The van der Waals surface area contributed by atoms with Gasteiger partial charge in [0.1, 0.15) is 5.82 Å². The van der Waals surface area contributed by atoms with Crippen LogP contribution in [0.15, 0.2) is 4.79 Å². The second-order valence-corrected chi connectivity index (χ2v) is 3.41. The highest BCUT2D eigenvalue weighted by atomic mass is 16.3. The van der Waals surface area contributed by atoms with E-state index in [1.54, 1.807) is 6.92 Å². The van der Waals surface area contributed by atoms with Crippen LogP contribution < -0.4 is 5.56 Å². The van der Waals surface area contributed by atoms with Crippen LogP contribution >= 0.6 is 0 Å². The van der Waals surface area contributed by atoms with Crippen LogP contribution in [-0.4, -0.2) is 34.1 Å². The van der Waals surface area contributed by atoms with E-state index in [-0.39, 0.29) is 11.4 Å². The predicted molar refractivity (Wildman–Crippen MR) is 53.3 cm³/mol. The minimum atomic E-state index is -0.253. The number of nitrogens with one attached hydrogen (secondary N) is 1. The third-order valence-electron chi connectivity index (χ3n) is 1.86. The first-order valence-corrected chi connectivity index (χ1v) is 4.50. The van der Waals surface area contributed by atoms with E-state index in [1.165, 1.54) is 0 Å². The van der Waals surface area contributed by atoms with Crippen LogP contribution in [0, 0.1) is 0 Å². The van der Waals surface area contributed by atoms with Gasteiger partial charge in [-0.05, 0) is 20.5 Å². The van der Waals surface area contributed by atoms with E-state index < -0.39 is 0 Å². The van der Waals surface area contributed by atoms with Crippen molar-refractivity contribution in [3.8, 4) is 5.88 Å². The summed E-state index contributed by atoms with van der Waals surface area (Å²) in [5, 5.41) is 9.44. The van der Waals surface area contributed by atoms with Gasteiger partial charge in [0.2, 0.25) is 5.88 Å². The predicted octanol–water partition coefficient (Wildman–Crippen LogP) is 0.0995. The van der Waals surface area contributed by atoms with Crippen LogP contribution in [0.1, 0.15) is 18.3 Å². The number of aromatic nitrogens is 2. The van der Waals surface area contributed by atoms with Gasteiger partial charge in [0.15, 0.2) is 0 Å². The summed E-state index contributed by atoms with van der Waals surface area (Å²) in [6.07, 6.45) is 0.483. The van der Waals surface area contributed by atoms with Crippen molar-refractivity contribution in [1.82, 2.24) is 14.9 Å². The number of rotatable bonds is 3. The molecule has 2 N–H and O–H groups in total. The zero-order chi connectivity index (χ0) is 10.7. The third kappa shape index (κ3) is 2.32. The first kappa shape index (κ1) is 10.7. The van der Waals surface area contributed by atoms with E-state index in [1.807, 2.05) is 19.0 Å². The summed E-state index contributed by atoms with van der Waals surface area (Å²) in [7, 11) is 3.73. The Hall–Kier alpha value is -1.36. The van der Waals surface area contributed by atoms with E-state index in [2.05, 4.69) is 9.97 Å². The topological polar surface area (TPSA) is 69.2 Å². The maximum atomic E-state index is 11.4.